The molecule has 28 nitrogen and oxygen atoms in total. The molecule has 3 aromatic carbocycles. The predicted octanol–water partition coefficient (Wildman–Crippen LogP) is 15.6. The molecule has 3 saturated heterocycles. The standard InChI is InChI=1S/C33H34F2N8O2.C33H33F2N7O2.C33H37F2N7O2/c1-5-25(44)41-14-17(3)42(15-16(41)2)31-21-13-23(35)29(26-22(34)7-6-8-24(26)36)39-32(21)43(33(45)40-31)30-27(19-9-10-19)37-18(4)38-28(30)20-11-12-20;1-5-26(43)40-15-18(3)41(16-17(40)2)31-23-14-25(35)29(22-8-6-7-9-24(22)34)38-32(23)42(33(44)39-31)30-27(20-10-11-20)36-19(4)37-28(30)21-12-13-21;1-9-26(43)40-15-20(7)41(16-19(40)6)31-23-14-25(35)29(22-12-10-11-13-24(22)34)38-32(23)42(33(44)39-31)30-27(17(2)3)36-21(8)37-28(30)18(4)5/h5-8,13,16-17,19-20H,1,9-12,14-15,36H2,2-4H3;5-9,14,17-18,20-21H,1,10-13,15-16H2,2-4H3;9-14,17-20H,1,15-16H2,2-8H3/t16-,17+;17-,18+;19-,20+/m111/s1. The van der Waals surface area contributed by atoms with E-state index in [4.69, 9.17) is 45.6 Å². The lowest BCUT2D eigenvalue weighted by atomic mass is 10.0. The van der Waals surface area contributed by atoms with E-state index in [1.807, 2.05) is 97.8 Å². The number of fused-ring (bicyclic) bond motifs is 3. The molecule has 12 heterocycles. The summed E-state index contributed by atoms with van der Waals surface area (Å²) in [5.41, 5.74) is 9.57. The number of aromatic nitrogens is 15. The summed E-state index contributed by atoms with van der Waals surface area (Å²) in [5.74, 6) is -1.84. The van der Waals surface area contributed by atoms with Crippen LogP contribution in [-0.4, -0.2) is 181 Å². The molecule has 9 aromatic heterocycles. The molecule has 4 saturated carbocycles. The number of aryl methyl sites for hydroxylation is 3. The largest absolute Gasteiger partial charge is 0.398 e. The second-order valence-electron chi connectivity index (χ2n) is 36.6. The molecule has 7 fully saturated rings. The van der Waals surface area contributed by atoms with E-state index < -0.39 is 52.0 Å². The van der Waals surface area contributed by atoms with Crippen molar-refractivity contribution in [3.63, 3.8) is 0 Å². The molecule has 34 heteroatoms. The molecule has 19 rings (SSSR count). The van der Waals surface area contributed by atoms with Gasteiger partial charge in [0.2, 0.25) is 17.7 Å². The van der Waals surface area contributed by atoms with Crippen LogP contribution in [0.4, 0.5) is 49.5 Å². The average molecular weight is 1810 g/mol. The maximum Gasteiger partial charge on any atom is 0.355 e. The normalized spacial score (nSPS) is 19.2. The van der Waals surface area contributed by atoms with Gasteiger partial charge >= 0.3 is 17.1 Å². The molecule has 2 N–H and O–H groups in total. The van der Waals surface area contributed by atoms with Gasteiger partial charge in [-0.15, -0.1) is 0 Å². The van der Waals surface area contributed by atoms with Gasteiger partial charge in [0.15, 0.2) is 22.8 Å². The zero-order valence-corrected chi connectivity index (χ0v) is 76.5. The lowest BCUT2D eigenvalue weighted by Crippen LogP contribution is -2.58. The molecule has 0 radical (unpaired) electrons. The molecule has 12 aromatic rings. The van der Waals surface area contributed by atoms with E-state index in [1.54, 1.807) is 33.8 Å². The Kier molecular flexibility index (Phi) is 24.7. The van der Waals surface area contributed by atoms with Gasteiger partial charge in [0.1, 0.15) is 81.1 Å². The summed E-state index contributed by atoms with van der Waals surface area (Å²) in [5, 5.41) is 0.862. The Labute approximate surface area is 763 Å². The first-order valence-corrected chi connectivity index (χ1v) is 45.3. The highest BCUT2D eigenvalue weighted by atomic mass is 19.1. The van der Waals surface area contributed by atoms with E-state index in [0.717, 1.165) is 74.1 Å². The van der Waals surface area contributed by atoms with Gasteiger partial charge < -0.3 is 35.1 Å². The number of piperazine rings is 3. The molecular formula is C99H104F6N22O6. The molecule has 688 valence electrons. The summed E-state index contributed by atoms with van der Waals surface area (Å²) in [6.45, 7) is 37.8. The number of benzene rings is 3. The number of nitrogens with zero attached hydrogens (tertiary/aromatic N) is 21. The monoisotopic (exact) mass is 1810 g/mol. The molecule has 6 atom stereocenters. The molecule has 4 aliphatic carbocycles. The molecule has 3 amide bonds. The van der Waals surface area contributed by atoms with Crippen molar-refractivity contribution in [3.05, 3.63) is 241 Å². The predicted molar refractivity (Wildman–Crippen MR) is 497 cm³/mol. The van der Waals surface area contributed by atoms with Crippen molar-refractivity contribution in [1.82, 2.24) is 88.2 Å². The highest BCUT2D eigenvalue weighted by Crippen LogP contribution is 2.51. The maximum absolute atomic E-state index is 16.1. The van der Waals surface area contributed by atoms with Crippen LogP contribution in [0.25, 0.3) is 83.9 Å². The Morgan fingerprint density at radius 2 is 0.662 bits per heavy atom. The van der Waals surface area contributed by atoms with Gasteiger partial charge in [-0.2, -0.15) is 15.0 Å². The second-order valence-corrected chi connectivity index (χ2v) is 36.6. The summed E-state index contributed by atoms with van der Waals surface area (Å²) in [6, 6.07) is 18.1. The van der Waals surface area contributed by atoms with Crippen molar-refractivity contribution in [2.45, 2.75) is 213 Å². The van der Waals surface area contributed by atoms with Gasteiger partial charge in [-0.05, 0) is 198 Å². The topological polar surface area (TPSA) is 317 Å². The van der Waals surface area contributed by atoms with Gasteiger partial charge in [-0.1, -0.05) is 77.8 Å². The quantitative estimate of drug-likeness (QED) is 0.0474. The van der Waals surface area contributed by atoms with Crippen molar-refractivity contribution in [2.75, 3.05) is 59.7 Å². The van der Waals surface area contributed by atoms with Crippen LogP contribution in [0.1, 0.15) is 208 Å². The van der Waals surface area contributed by atoms with Crippen molar-refractivity contribution in [2.24, 2.45) is 0 Å². The number of nitrogens with two attached hydrogens (primary N) is 1. The lowest BCUT2D eigenvalue weighted by molar-refractivity contribution is -0.129. The second kappa shape index (κ2) is 36.0. The Bertz CT molecular complexity index is 6620. The minimum atomic E-state index is -0.807. The minimum absolute atomic E-state index is 0.00667. The molecular weight excluding hydrogens is 1710 g/mol. The molecule has 7 aliphatic rings. The third-order valence-electron chi connectivity index (χ3n) is 25.9. The third-order valence-corrected chi connectivity index (χ3v) is 25.9. The van der Waals surface area contributed by atoms with Crippen LogP contribution >= 0.6 is 0 Å². The SMILES string of the molecule is C=CC(=O)N1C[C@H](C)N(c2nc(=O)n(-c3c(C(C)C)nc(C)nc3C(C)C)c3nc(-c4ccccc4F)c(F)cc23)C[C@H]1C.C=CC(=O)N1C[C@H](C)N(c2nc(=O)n(-c3c(C4CC4)nc(C)nc3C3CC3)c3nc(-c4c(N)cccc4F)c(F)cc23)C[C@H]1C.C=CC(=O)N1C[C@H](C)N(c2nc(=O)n(-c3c(C4CC4)nc(C)nc3C3CC3)c3nc(-c4ccccc4F)c(F)cc23)C[C@H]1C. The van der Waals surface area contributed by atoms with Gasteiger partial charge in [0.05, 0.1) is 72.9 Å². The zero-order chi connectivity index (χ0) is 94.6. The van der Waals surface area contributed by atoms with E-state index in [2.05, 4.69) is 39.7 Å². The van der Waals surface area contributed by atoms with Crippen LogP contribution < -0.4 is 37.5 Å². The Hall–Kier alpha value is -13.8. The number of pyridine rings is 3. The van der Waals surface area contributed by atoms with Crippen LogP contribution in [0, 0.1) is 55.7 Å². The molecule has 3 aliphatic heterocycles. The van der Waals surface area contributed by atoms with Crippen molar-refractivity contribution < 1.29 is 40.7 Å². The van der Waals surface area contributed by atoms with Crippen LogP contribution in [0.2, 0.25) is 0 Å². The van der Waals surface area contributed by atoms with Gasteiger partial charge in [-0.25, -0.2) is 99.3 Å². The first kappa shape index (κ1) is 91.1. The number of amides is 3. The highest BCUT2D eigenvalue weighted by molar-refractivity contribution is 5.95. The van der Waals surface area contributed by atoms with Crippen molar-refractivity contribution >= 4 is 74.0 Å². The summed E-state index contributed by atoms with van der Waals surface area (Å²) in [6.07, 6.45) is 11.3. The number of nitrogen functional groups attached to an aromatic ring is 1. The molecule has 0 spiro atoms. The average Bonchev–Trinajstić information content (AvgIpc) is 1.25. The van der Waals surface area contributed by atoms with Gasteiger partial charge in [0.25, 0.3) is 0 Å². The molecule has 0 bridgehead atoms. The van der Waals surface area contributed by atoms with E-state index in [-0.39, 0.29) is 174 Å². The number of carbonyl (C=O) groups excluding carboxylic acids is 3. The van der Waals surface area contributed by atoms with E-state index >= 15 is 17.6 Å². The zero-order valence-electron chi connectivity index (χ0n) is 76.5. The number of anilines is 4. The number of halogens is 6. The molecule has 133 heavy (non-hydrogen) atoms. The van der Waals surface area contributed by atoms with E-state index in [9.17, 15) is 37.5 Å². The summed E-state index contributed by atoms with van der Waals surface area (Å²) < 4.78 is 97.4. The lowest BCUT2D eigenvalue weighted by Gasteiger charge is -2.44. The van der Waals surface area contributed by atoms with Crippen LogP contribution in [-0.2, 0) is 14.4 Å². The summed E-state index contributed by atoms with van der Waals surface area (Å²) in [4.78, 5) is 147. The minimum Gasteiger partial charge on any atom is -0.398 e. The highest BCUT2D eigenvalue weighted by Gasteiger charge is 2.44. The number of rotatable bonds is 18. The fraction of sp³-hybridized carbons (Fsp3) is 0.394. The third kappa shape index (κ3) is 17.2. The van der Waals surface area contributed by atoms with Crippen LogP contribution in [0.3, 0.4) is 0 Å². The number of carbonyl (C=O) groups is 3. The Morgan fingerprint density at radius 1 is 0.368 bits per heavy atom. The molecule has 0 unspecified atom stereocenters. The van der Waals surface area contributed by atoms with Gasteiger partial charge in [0, 0.05) is 116 Å². The first-order valence-electron chi connectivity index (χ1n) is 45.3. The van der Waals surface area contributed by atoms with Gasteiger partial charge in [-0.3, -0.25) is 14.4 Å². The fourth-order valence-electron chi connectivity index (χ4n) is 18.7. The van der Waals surface area contributed by atoms with Crippen molar-refractivity contribution in [1.29, 1.82) is 0 Å². The smallest absolute Gasteiger partial charge is 0.355 e. The van der Waals surface area contributed by atoms with E-state index in [0.29, 0.717) is 90.6 Å². The maximum atomic E-state index is 16.1. The summed E-state index contributed by atoms with van der Waals surface area (Å²) >= 11 is 0. The van der Waals surface area contributed by atoms with E-state index in [1.165, 1.54) is 105 Å². The Morgan fingerprint density at radius 3 is 0.962 bits per heavy atom. The Balaban J connectivity index is 0.000000139. The number of hydrogen-bond acceptors (Lipinski definition) is 22. The first-order chi connectivity index (χ1) is 63.6. The van der Waals surface area contributed by atoms with Crippen molar-refractivity contribution in [3.8, 4) is 50.8 Å². The summed E-state index contributed by atoms with van der Waals surface area (Å²) in [7, 11) is 0. The van der Waals surface area contributed by atoms with Crippen LogP contribution in [0.5, 0.6) is 0 Å². The fourth-order valence-corrected chi connectivity index (χ4v) is 18.7. The number of hydrogen-bond donors (Lipinski definition) is 1. The van der Waals surface area contributed by atoms with Crippen LogP contribution in [0.15, 0.2) is 137 Å².